The van der Waals surface area contributed by atoms with Crippen LogP contribution < -0.4 is 14.5 Å². The third kappa shape index (κ3) is 4.62. The predicted octanol–water partition coefficient (Wildman–Crippen LogP) is 2.12. The van der Waals surface area contributed by atoms with E-state index in [1.807, 2.05) is 12.1 Å². The minimum atomic E-state index is 0.637. The number of methoxy groups -OCH3 is 2. The van der Waals surface area contributed by atoms with Crippen LogP contribution in [0.25, 0.3) is 0 Å². The smallest absolute Gasteiger partial charge is 0.135 e. The van der Waals surface area contributed by atoms with Gasteiger partial charge >= 0.3 is 0 Å². The first-order valence-electron chi connectivity index (χ1n) is 10.4. The minimum Gasteiger partial charge on any atom is -0.497 e. The zero-order valence-corrected chi connectivity index (χ0v) is 17.4. The van der Waals surface area contributed by atoms with Gasteiger partial charge in [0.25, 0.3) is 0 Å². The molecule has 0 unspecified atom stereocenters. The highest BCUT2D eigenvalue weighted by molar-refractivity contribution is 5.55. The topological polar surface area (TPSA) is 60.0 Å². The summed E-state index contributed by atoms with van der Waals surface area (Å²) in [4.78, 5) is 14.6. The van der Waals surface area contributed by atoms with Crippen LogP contribution in [0.4, 0.5) is 11.5 Å². The van der Waals surface area contributed by atoms with Crippen LogP contribution in [0.15, 0.2) is 24.3 Å². The van der Waals surface area contributed by atoms with Gasteiger partial charge in [0.15, 0.2) is 0 Å². The van der Waals surface area contributed by atoms with Crippen molar-refractivity contribution in [2.75, 3.05) is 70.0 Å². The number of aromatic nitrogens is 2. The molecule has 7 nitrogen and oxygen atoms in total. The van der Waals surface area contributed by atoms with Crippen molar-refractivity contribution < 1.29 is 14.2 Å². The zero-order chi connectivity index (χ0) is 20.1. The number of nitrogens with zero attached hydrogens (tertiary/aromatic N) is 4. The largest absolute Gasteiger partial charge is 0.497 e. The highest BCUT2D eigenvalue weighted by Crippen LogP contribution is 2.27. The second-order valence-electron chi connectivity index (χ2n) is 7.42. The Kier molecular flexibility index (Phi) is 6.46. The van der Waals surface area contributed by atoms with Gasteiger partial charge < -0.3 is 24.0 Å². The molecular formula is C22H30N4O3. The molecule has 1 saturated heterocycles. The van der Waals surface area contributed by atoms with E-state index in [0.717, 1.165) is 81.7 Å². The van der Waals surface area contributed by atoms with Crippen molar-refractivity contribution in [3.63, 3.8) is 0 Å². The van der Waals surface area contributed by atoms with E-state index in [9.17, 15) is 0 Å². The molecule has 0 spiro atoms. The first kappa shape index (κ1) is 19.9. The quantitative estimate of drug-likeness (QED) is 0.739. The zero-order valence-electron chi connectivity index (χ0n) is 17.4. The summed E-state index contributed by atoms with van der Waals surface area (Å²) in [5, 5.41) is 0. The van der Waals surface area contributed by atoms with Crippen LogP contribution in [0.5, 0.6) is 5.75 Å². The number of fused-ring (bicyclic) bond motifs is 1. The molecule has 7 heteroatoms. The molecule has 0 bridgehead atoms. The number of ether oxygens (including phenoxy) is 3. The Balaban J connectivity index is 1.53. The maximum absolute atomic E-state index is 5.71. The van der Waals surface area contributed by atoms with E-state index < -0.39 is 0 Å². The molecule has 4 rings (SSSR count). The number of benzene rings is 1. The fourth-order valence-electron chi connectivity index (χ4n) is 4.03. The van der Waals surface area contributed by atoms with E-state index in [1.54, 1.807) is 14.2 Å². The van der Waals surface area contributed by atoms with Gasteiger partial charge in [0.2, 0.25) is 0 Å². The molecule has 156 valence electrons. The maximum Gasteiger partial charge on any atom is 0.135 e. The summed E-state index contributed by atoms with van der Waals surface area (Å²) in [5.74, 6) is 2.86. The summed E-state index contributed by atoms with van der Waals surface area (Å²) in [6.45, 7) is 5.89. The summed E-state index contributed by atoms with van der Waals surface area (Å²) in [6, 6.07) is 8.29. The van der Waals surface area contributed by atoms with Crippen molar-refractivity contribution in [1.82, 2.24) is 9.97 Å². The molecule has 0 saturated carbocycles. The SMILES string of the molecule is COCCc1nc2c(c(N3CCN(c4cccc(OC)c4)CC3)n1)CCOCC2. The van der Waals surface area contributed by atoms with Crippen LogP contribution in [-0.2, 0) is 28.7 Å². The molecule has 29 heavy (non-hydrogen) atoms. The van der Waals surface area contributed by atoms with Gasteiger partial charge in [-0.15, -0.1) is 0 Å². The Hall–Kier alpha value is -2.38. The Labute approximate surface area is 172 Å². The van der Waals surface area contributed by atoms with Gasteiger partial charge in [0, 0.05) is 69.9 Å². The van der Waals surface area contributed by atoms with Gasteiger partial charge in [-0.05, 0) is 12.1 Å². The number of anilines is 2. The average molecular weight is 399 g/mol. The first-order chi connectivity index (χ1) is 14.3. The molecule has 1 aromatic carbocycles. The molecule has 3 heterocycles. The van der Waals surface area contributed by atoms with Crippen LogP contribution >= 0.6 is 0 Å². The number of hydrogen-bond acceptors (Lipinski definition) is 7. The van der Waals surface area contributed by atoms with E-state index in [0.29, 0.717) is 6.61 Å². The fraction of sp³-hybridized carbons (Fsp3) is 0.545. The number of piperazine rings is 1. The van der Waals surface area contributed by atoms with Crippen molar-refractivity contribution in [3.8, 4) is 5.75 Å². The van der Waals surface area contributed by atoms with Gasteiger partial charge in [-0.1, -0.05) is 6.07 Å². The lowest BCUT2D eigenvalue weighted by Crippen LogP contribution is -2.47. The molecule has 0 amide bonds. The van der Waals surface area contributed by atoms with E-state index >= 15 is 0 Å². The molecule has 0 aliphatic carbocycles. The van der Waals surface area contributed by atoms with Crippen LogP contribution in [0.1, 0.15) is 17.1 Å². The van der Waals surface area contributed by atoms with Crippen molar-refractivity contribution in [2.45, 2.75) is 19.3 Å². The highest BCUT2D eigenvalue weighted by atomic mass is 16.5. The summed E-state index contributed by atoms with van der Waals surface area (Å²) in [6.07, 6.45) is 2.47. The molecule has 0 radical (unpaired) electrons. The monoisotopic (exact) mass is 398 g/mol. The standard InChI is InChI=1S/C22H30N4O3/c1-27-13-8-21-23-20-7-15-29-14-6-19(20)22(24-21)26-11-9-25(10-12-26)17-4-3-5-18(16-17)28-2/h3-5,16H,6-15H2,1-2H3. The van der Waals surface area contributed by atoms with E-state index in [4.69, 9.17) is 24.2 Å². The normalized spacial score (nSPS) is 17.0. The van der Waals surface area contributed by atoms with Crippen LogP contribution in [0.3, 0.4) is 0 Å². The molecule has 2 aromatic rings. The lowest BCUT2D eigenvalue weighted by Gasteiger charge is -2.37. The Bertz CT molecular complexity index is 822. The predicted molar refractivity (Wildman–Crippen MR) is 113 cm³/mol. The van der Waals surface area contributed by atoms with Crippen molar-refractivity contribution >= 4 is 11.5 Å². The van der Waals surface area contributed by atoms with Gasteiger partial charge in [0.05, 0.1) is 32.6 Å². The summed E-state index contributed by atoms with van der Waals surface area (Å²) in [7, 11) is 3.43. The Morgan fingerprint density at radius 2 is 1.79 bits per heavy atom. The van der Waals surface area contributed by atoms with Crippen molar-refractivity contribution in [2.24, 2.45) is 0 Å². The fourth-order valence-corrected chi connectivity index (χ4v) is 4.03. The van der Waals surface area contributed by atoms with Crippen LogP contribution in [0.2, 0.25) is 0 Å². The third-order valence-corrected chi connectivity index (χ3v) is 5.62. The van der Waals surface area contributed by atoms with Gasteiger partial charge in [-0.25, -0.2) is 9.97 Å². The van der Waals surface area contributed by atoms with Crippen molar-refractivity contribution in [1.29, 1.82) is 0 Å². The summed E-state index contributed by atoms with van der Waals surface area (Å²) < 4.78 is 16.3. The molecule has 0 atom stereocenters. The second-order valence-corrected chi connectivity index (χ2v) is 7.42. The van der Waals surface area contributed by atoms with Crippen LogP contribution in [0, 0.1) is 0 Å². The molecular weight excluding hydrogens is 368 g/mol. The average Bonchev–Trinajstić information content (AvgIpc) is 3.03. The lowest BCUT2D eigenvalue weighted by atomic mass is 10.1. The van der Waals surface area contributed by atoms with Crippen molar-refractivity contribution in [3.05, 3.63) is 41.3 Å². The highest BCUT2D eigenvalue weighted by Gasteiger charge is 2.24. The molecule has 0 N–H and O–H groups in total. The maximum atomic E-state index is 5.71. The Morgan fingerprint density at radius 3 is 2.59 bits per heavy atom. The lowest BCUT2D eigenvalue weighted by molar-refractivity contribution is 0.146. The molecule has 1 fully saturated rings. The molecule has 2 aliphatic heterocycles. The van der Waals surface area contributed by atoms with E-state index in [1.165, 1.54) is 11.3 Å². The minimum absolute atomic E-state index is 0.637. The first-order valence-corrected chi connectivity index (χ1v) is 10.4. The van der Waals surface area contributed by atoms with Gasteiger partial charge in [-0.3, -0.25) is 0 Å². The molecule has 1 aromatic heterocycles. The summed E-state index contributed by atoms with van der Waals surface area (Å²) >= 11 is 0. The second kappa shape index (κ2) is 9.41. The third-order valence-electron chi connectivity index (χ3n) is 5.62. The number of rotatable bonds is 6. The molecule has 2 aliphatic rings. The van der Waals surface area contributed by atoms with Gasteiger partial charge in [0.1, 0.15) is 17.4 Å². The van der Waals surface area contributed by atoms with Crippen LogP contribution in [-0.4, -0.2) is 70.2 Å². The van der Waals surface area contributed by atoms with Gasteiger partial charge in [-0.2, -0.15) is 0 Å². The number of hydrogen-bond donors (Lipinski definition) is 0. The Morgan fingerprint density at radius 1 is 1.00 bits per heavy atom. The van der Waals surface area contributed by atoms with E-state index in [-0.39, 0.29) is 0 Å². The summed E-state index contributed by atoms with van der Waals surface area (Å²) in [5.41, 5.74) is 3.62. The van der Waals surface area contributed by atoms with E-state index in [2.05, 4.69) is 21.9 Å².